The third kappa shape index (κ3) is 4.12. The average molecular weight is 350 g/mol. The van der Waals surface area contributed by atoms with Crippen LogP contribution in [0.5, 0.6) is 5.88 Å². The lowest BCUT2D eigenvalue weighted by atomic mass is 10.2. The number of hydrogen-bond donors (Lipinski definition) is 0. The van der Waals surface area contributed by atoms with Crippen LogP contribution >= 0.6 is 0 Å². The lowest BCUT2D eigenvalue weighted by Gasteiger charge is -2.33. The van der Waals surface area contributed by atoms with Crippen molar-refractivity contribution in [2.75, 3.05) is 31.2 Å². The molecule has 1 unspecified atom stereocenters. The second-order valence-electron chi connectivity index (χ2n) is 5.87. The average Bonchev–Trinajstić information content (AvgIpc) is 3.07. The maximum Gasteiger partial charge on any atom is 0.213 e. The zero-order valence-corrected chi connectivity index (χ0v) is 14.5. The molecule has 130 valence electrons. The highest BCUT2D eigenvalue weighted by Crippen LogP contribution is 2.21. The number of aromatic nitrogens is 3. The van der Waals surface area contributed by atoms with Gasteiger partial charge in [0.15, 0.2) is 9.84 Å². The Morgan fingerprint density at radius 3 is 2.92 bits per heavy atom. The van der Waals surface area contributed by atoms with Crippen LogP contribution in [0.1, 0.15) is 18.7 Å². The first-order valence-electron chi connectivity index (χ1n) is 8.06. The van der Waals surface area contributed by atoms with Crippen LogP contribution < -0.4 is 4.74 Å². The molecule has 0 amide bonds. The van der Waals surface area contributed by atoms with E-state index in [1.807, 2.05) is 28.9 Å². The highest BCUT2D eigenvalue weighted by molar-refractivity contribution is 7.91. The Kier molecular flexibility index (Phi) is 5.15. The molecule has 3 rings (SSSR count). The van der Waals surface area contributed by atoms with Crippen molar-refractivity contribution < 1.29 is 13.2 Å². The maximum absolute atomic E-state index is 11.8. The van der Waals surface area contributed by atoms with Crippen molar-refractivity contribution in [3.05, 3.63) is 42.4 Å². The van der Waals surface area contributed by atoms with Crippen molar-refractivity contribution in [1.29, 1.82) is 0 Å². The monoisotopic (exact) mass is 350 g/mol. The van der Waals surface area contributed by atoms with E-state index in [-0.39, 0.29) is 17.5 Å². The fourth-order valence-electron chi connectivity index (χ4n) is 2.78. The van der Waals surface area contributed by atoms with Crippen LogP contribution in [0, 0.1) is 0 Å². The van der Waals surface area contributed by atoms with Crippen molar-refractivity contribution in [1.82, 2.24) is 19.7 Å². The number of sulfone groups is 1. The quantitative estimate of drug-likeness (QED) is 0.745. The van der Waals surface area contributed by atoms with Crippen LogP contribution in [-0.2, 0) is 16.4 Å². The van der Waals surface area contributed by atoms with Crippen LogP contribution in [-0.4, -0.2) is 59.3 Å². The number of nitrogens with zero attached hydrogens (tertiary/aromatic N) is 4. The second-order valence-corrected chi connectivity index (χ2v) is 8.34. The van der Waals surface area contributed by atoms with Gasteiger partial charge in [0.1, 0.15) is 6.61 Å². The normalized spacial score (nSPS) is 18.3. The molecule has 1 atom stereocenters. The molecule has 0 aromatic carbocycles. The molecule has 1 aliphatic heterocycles. The minimum absolute atomic E-state index is 0.0371. The van der Waals surface area contributed by atoms with E-state index in [0.717, 1.165) is 5.69 Å². The summed E-state index contributed by atoms with van der Waals surface area (Å²) in [5, 5.41) is 4.38. The van der Waals surface area contributed by atoms with Gasteiger partial charge in [0.05, 0.1) is 17.5 Å². The summed E-state index contributed by atoms with van der Waals surface area (Å²) in [4.78, 5) is 6.31. The van der Waals surface area contributed by atoms with Gasteiger partial charge in [-0.2, -0.15) is 5.10 Å². The summed E-state index contributed by atoms with van der Waals surface area (Å²) in [6, 6.07) is 7.54. The van der Waals surface area contributed by atoms with E-state index in [4.69, 9.17) is 4.74 Å². The molecule has 2 aromatic heterocycles. The van der Waals surface area contributed by atoms with Crippen LogP contribution in [0.15, 0.2) is 36.7 Å². The van der Waals surface area contributed by atoms with Gasteiger partial charge >= 0.3 is 0 Å². The summed E-state index contributed by atoms with van der Waals surface area (Å²) in [6.07, 6.45) is 3.47. The predicted octanol–water partition coefficient (Wildman–Crippen LogP) is 1.15. The van der Waals surface area contributed by atoms with Crippen LogP contribution in [0.3, 0.4) is 0 Å². The zero-order valence-electron chi connectivity index (χ0n) is 13.7. The summed E-state index contributed by atoms with van der Waals surface area (Å²) in [5.74, 6) is 0.952. The number of rotatable bonds is 7. The van der Waals surface area contributed by atoms with Gasteiger partial charge in [-0.15, -0.1) is 0 Å². The van der Waals surface area contributed by atoms with Gasteiger partial charge in [-0.3, -0.25) is 9.58 Å². The molecule has 0 spiro atoms. The third-order valence-corrected chi connectivity index (χ3v) is 5.86. The molecule has 0 N–H and O–H groups in total. The Morgan fingerprint density at radius 1 is 1.29 bits per heavy atom. The molecular formula is C16H22N4O3S. The molecular weight excluding hydrogens is 328 g/mol. The molecule has 0 fully saturated rings. The molecule has 1 aliphatic rings. The Hall–Kier alpha value is -1.93. The van der Waals surface area contributed by atoms with Crippen molar-refractivity contribution in [3.8, 4) is 5.88 Å². The Bertz CT molecular complexity index is 761. The topological polar surface area (TPSA) is 77.3 Å². The first kappa shape index (κ1) is 16.9. The summed E-state index contributed by atoms with van der Waals surface area (Å²) in [6.45, 7) is 4.08. The minimum atomic E-state index is -2.96. The highest BCUT2D eigenvalue weighted by Gasteiger charge is 2.26. The maximum atomic E-state index is 11.8. The second kappa shape index (κ2) is 7.31. The van der Waals surface area contributed by atoms with E-state index < -0.39 is 9.84 Å². The van der Waals surface area contributed by atoms with E-state index in [2.05, 4.69) is 15.0 Å². The third-order valence-electron chi connectivity index (χ3n) is 4.17. The SMILES string of the molecule is CCS(=O)(=O)CCN1Cc2ccnn2C(COc2ccccn2)C1. The first-order chi connectivity index (χ1) is 11.6. The van der Waals surface area contributed by atoms with Gasteiger partial charge in [0.25, 0.3) is 0 Å². The summed E-state index contributed by atoms with van der Waals surface area (Å²) >= 11 is 0. The Labute approximate surface area is 142 Å². The van der Waals surface area contributed by atoms with Crippen molar-refractivity contribution in [2.45, 2.75) is 19.5 Å². The Morgan fingerprint density at radius 2 is 2.17 bits per heavy atom. The van der Waals surface area contributed by atoms with E-state index >= 15 is 0 Å². The van der Waals surface area contributed by atoms with Crippen molar-refractivity contribution in [3.63, 3.8) is 0 Å². The van der Waals surface area contributed by atoms with Gasteiger partial charge in [-0.1, -0.05) is 13.0 Å². The van der Waals surface area contributed by atoms with E-state index in [0.29, 0.717) is 32.1 Å². The number of fused-ring (bicyclic) bond motifs is 1. The van der Waals surface area contributed by atoms with E-state index in [9.17, 15) is 8.42 Å². The van der Waals surface area contributed by atoms with Crippen molar-refractivity contribution >= 4 is 9.84 Å². The molecule has 0 aliphatic carbocycles. The highest BCUT2D eigenvalue weighted by atomic mass is 32.2. The Balaban J connectivity index is 1.65. The van der Waals surface area contributed by atoms with Gasteiger partial charge < -0.3 is 4.74 Å². The largest absolute Gasteiger partial charge is 0.475 e. The fourth-order valence-corrected chi connectivity index (χ4v) is 3.61. The molecule has 8 heteroatoms. The molecule has 3 heterocycles. The van der Waals surface area contributed by atoms with Crippen LogP contribution in [0.2, 0.25) is 0 Å². The van der Waals surface area contributed by atoms with Gasteiger partial charge in [0.2, 0.25) is 5.88 Å². The number of pyridine rings is 1. The van der Waals surface area contributed by atoms with Gasteiger partial charge in [-0.25, -0.2) is 13.4 Å². The van der Waals surface area contributed by atoms with E-state index in [1.54, 1.807) is 19.3 Å². The van der Waals surface area contributed by atoms with Crippen LogP contribution in [0.25, 0.3) is 0 Å². The summed E-state index contributed by atoms with van der Waals surface area (Å²) in [7, 11) is -2.96. The first-order valence-corrected chi connectivity index (χ1v) is 9.88. The molecule has 0 bridgehead atoms. The molecule has 7 nitrogen and oxygen atoms in total. The predicted molar refractivity (Wildman–Crippen MR) is 90.6 cm³/mol. The lowest BCUT2D eigenvalue weighted by Crippen LogP contribution is -2.42. The van der Waals surface area contributed by atoms with E-state index in [1.165, 1.54) is 0 Å². The summed E-state index contributed by atoms with van der Waals surface area (Å²) in [5.41, 5.74) is 1.07. The molecule has 2 aromatic rings. The van der Waals surface area contributed by atoms with Gasteiger partial charge in [0, 0.05) is 43.8 Å². The zero-order chi connectivity index (χ0) is 17.0. The standard InChI is InChI=1S/C16H22N4O3S/c1-2-24(21,22)10-9-19-11-14-6-8-18-20(14)15(12-19)13-23-16-5-3-4-7-17-16/h3-8,15H,2,9-13H2,1H3. The van der Waals surface area contributed by atoms with Gasteiger partial charge in [-0.05, 0) is 12.1 Å². The minimum Gasteiger partial charge on any atom is -0.475 e. The smallest absolute Gasteiger partial charge is 0.213 e. The van der Waals surface area contributed by atoms with Crippen molar-refractivity contribution in [2.24, 2.45) is 0 Å². The number of ether oxygens (including phenoxy) is 1. The number of hydrogen-bond acceptors (Lipinski definition) is 6. The molecule has 24 heavy (non-hydrogen) atoms. The molecule has 0 radical (unpaired) electrons. The molecule has 0 saturated carbocycles. The summed E-state index contributed by atoms with van der Waals surface area (Å²) < 4.78 is 31.2. The molecule has 0 saturated heterocycles. The lowest BCUT2D eigenvalue weighted by molar-refractivity contribution is 0.135. The van der Waals surface area contributed by atoms with Crippen LogP contribution in [0.4, 0.5) is 0 Å². The fraction of sp³-hybridized carbons (Fsp3) is 0.500.